The van der Waals surface area contributed by atoms with E-state index < -0.39 is 10.8 Å². The van der Waals surface area contributed by atoms with Gasteiger partial charge in [0.2, 0.25) is 0 Å². The van der Waals surface area contributed by atoms with Gasteiger partial charge in [-0.1, -0.05) is 0 Å². The van der Waals surface area contributed by atoms with Crippen molar-refractivity contribution in [3.63, 3.8) is 0 Å². The first-order chi connectivity index (χ1) is 13.9. The van der Waals surface area contributed by atoms with Crippen LogP contribution < -0.4 is 5.43 Å². The second kappa shape index (κ2) is 9.02. The number of nitro benzene ring substituents is 1. The normalized spacial score (nSPS) is 10.8. The molecule has 10 heteroatoms. The molecular formula is C19H16N6O3S. The minimum Gasteiger partial charge on any atom is -0.267 e. The zero-order valence-electron chi connectivity index (χ0n) is 15.6. The summed E-state index contributed by atoms with van der Waals surface area (Å²) in [4.78, 5) is 36.0. The third-order valence-corrected chi connectivity index (χ3v) is 4.64. The number of pyridine rings is 1. The van der Waals surface area contributed by atoms with Crippen LogP contribution >= 0.6 is 11.8 Å². The molecule has 0 spiro atoms. The fourth-order valence-corrected chi connectivity index (χ4v) is 3.35. The Hall–Kier alpha value is -3.66. The summed E-state index contributed by atoms with van der Waals surface area (Å²) in [6.45, 7) is 3.73. The summed E-state index contributed by atoms with van der Waals surface area (Å²) in [7, 11) is 0. The van der Waals surface area contributed by atoms with Gasteiger partial charge in [0.1, 0.15) is 0 Å². The molecule has 0 aliphatic rings. The average Bonchev–Trinajstić information content (AvgIpc) is 2.68. The number of amides is 1. The number of nitrogens with one attached hydrogen (secondary N) is 1. The summed E-state index contributed by atoms with van der Waals surface area (Å²) in [6.07, 6.45) is 4.35. The summed E-state index contributed by atoms with van der Waals surface area (Å²) >= 11 is 1.26. The van der Waals surface area contributed by atoms with Gasteiger partial charge in [0.15, 0.2) is 5.16 Å². The molecule has 0 atom stereocenters. The van der Waals surface area contributed by atoms with Gasteiger partial charge in [-0.15, -0.1) is 0 Å². The van der Waals surface area contributed by atoms with E-state index in [-0.39, 0.29) is 5.69 Å². The number of hydrogen-bond acceptors (Lipinski definition) is 8. The second-order valence-corrected chi connectivity index (χ2v) is 6.96. The Morgan fingerprint density at radius 2 is 1.83 bits per heavy atom. The monoisotopic (exact) mass is 408 g/mol. The number of rotatable bonds is 6. The number of hydrogen-bond donors (Lipinski definition) is 1. The maximum Gasteiger partial charge on any atom is 0.271 e. The van der Waals surface area contributed by atoms with Gasteiger partial charge in [0, 0.05) is 51.9 Å². The van der Waals surface area contributed by atoms with Crippen LogP contribution in [-0.4, -0.2) is 32.0 Å². The van der Waals surface area contributed by atoms with Crippen LogP contribution in [0.25, 0.3) is 0 Å². The van der Waals surface area contributed by atoms with Gasteiger partial charge in [-0.2, -0.15) is 5.10 Å². The lowest BCUT2D eigenvalue weighted by atomic mass is 10.2. The molecule has 0 saturated heterocycles. The molecule has 0 bridgehead atoms. The molecule has 3 rings (SSSR count). The van der Waals surface area contributed by atoms with Gasteiger partial charge in [0.05, 0.1) is 11.1 Å². The van der Waals surface area contributed by atoms with E-state index in [0.717, 1.165) is 11.4 Å². The highest BCUT2D eigenvalue weighted by Crippen LogP contribution is 2.30. The van der Waals surface area contributed by atoms with Crippen molar-refractivity contribution in [3.05, 3.63) is 81.4 Å². The third-order valence-electron chi connectivity index (χ3n) is 3.68. The molecule has 2 heterocycles. The number of nitrogens with zero attached hydrogens (tertiary/aromatic N) is 5. The summed E-state index contributed by atoms with van der Waals surface area (Å²) in [5, 5.41) is 15.6. The van der Waals surface area contributed by atoms with Gasteiger partial charge < -0.3 is 0 Å². The SMILES string of the molecule is Cc1cc(C)nc(Sc2ccc([N+](=O)[O-])cc2C=NNC(=O)c2ccncc2)n1. The Kier molecular flexibility index (Phi) is 6.25. The van der Waals surface area contributed by atoms with Crippen molar-refractivity contribution in [2.24, 2.45) is 5.10 Å². The maximum absolute atomic E-state index is 12.1. The van der Waals surface area contributed by atoms with Crippen LogP contribution in [0, 0.1) is 24.0 Å². The fourth-order valence-electron chi connectivity index (χ4n) is 2.41. The van der Waals surface area contributed by atoms with Gasteiger partial charge >= 0.3 is 0 Å². The lowest BCUT2D eigenvalue weighted by Crippen LogP contribution is -2.17. The molecule has 0 unspecified atom stereocenters. The first-order valence-electron chi connectivity index (χ1n) is 8.44. The predicted octanol–water partition coefficient (Wildman–Crippen LogP) is 3.31. The van der Waals surface area contributed by atoms with E-state index in [1.807, 2.05) is 19.9 Å². The Morgan fingerprint density at radius 3 is 2.48 bits per heavy atom. The van der Waals surface area contributed by atoms with Crippen LogP contribution in [0.4, 0.5) is 5.69 Å². The summed E-state index contributed by atoms with van der Waals surface area (Å²) in [5.74, 6) is -0.416. The quantitative estimate of drug-likeness (QED) is 0.287. The van der Waals surface area contributed by atoms with Gasteiger partial charge in [0.25, 0.3) is 11.6 Å². The van der Waals surface area contributed by atoms with Crippen LogP contribution in [0.3, 0.4) is 0 Å². The van der Waals surface area contributed by atoms with Crippen LogP contribution in [0.2, 0.25) is 0 Å². The summed E-state index contributed by atoms with van der Waals surface area (Å²) < 4.78 is 0. The number of hydrazone groups is 1. The van der Waals surface area contributed by atoms with Crippen LogP contribution in [0.5, 0.6) is 0 Å². The van der Waals surface area contributed by atoms with Crippen molar-refractivity contribution < 1.29 is 9.72 Å². The minimum atomic E-state index is -0.491. The number of carbonyl (C=O) groups is 1. The largest absolute Gasteiger partial charge is 0.271 e. The molecule has 3 aromatic rings. The van der Waals surface area contributed by atoms with E-state index in [4.69, 9.17) is 0 Å². The lowest BCUT2D eigenvalue weighted by molar-refractivity contribution is -0.384. The maximum atomic E-state index is 12.1. The molecule has 9 nitrogen and oxygen atoms in total. The molecule has 2 aromatic heterocycles. The highest BCUT2D eigenvalue weighted by Gasteiger charge is 2.13. The van der Waals surface area contributed by atoms with Crippen LogP contribution in [-0.2, 0) is 0 Å². The van der Waals surface area contributed by atoms with Crippen molar-refractivity contribution in [1.82, 2.24) is 20.4 Å². The molecule has 146 valence electrons. The van der Waals surface area contributed by atoms with E-state index >= 15 is 0 Å². The predicted molar refractivity (Wildman–Crippen MR) is 108 cm³/mol. The first kappa shape index (κ1) is 20.1. The molecule has 1 aromatic carbocycles. The molecule has 0 saturated carbocycles. The van der Waals surface area contributed by atoms with Gasteiger partial charge in [-0.25, -0.2) is 15.4 Å². The highest BCUT2D eigenvalue weighted by atomic mass is 32.2. The zero-order valence-corrected chi connectivity index (χ0v) is 16.4. The topological polar surface area (TPSA) is 123 Å². The Labute approximate surface area is 170 Å². The lowest BCUT2D eigenvalue weighted by Gasteiger charge is -2.06. The van der Waals surface area contributed by atoms with Crippen molar-refractivity contribution in [2.45, 2.75) is 23.9 Å². The summed E-state index contributed by atoms with van der Waals surface area (Å²) in [5.41, 5.74) is 4.81. The number of nitro groups is 1. The number of benzene rings is 1. The van der Waals surface area contributed by atoms with E-state index in [1.54, 1.807) is 18.2 Å². The first-order valence-corrected chi connectivity index (χ1v) is 9.26. The number of aromatic nitrogens is 3. The number of carbonyl (C=O) groups excluding carboxylic acids is 1. The van der Waals surface area contributed by atoms with Crippen molar-refractivity contribution in [2.75, 3.05) is 0 Å². The molecule has 1 N–H and O–H groups in total. The van der Waals surface area contributed by atoms with Gasteiger partial charge in [-0.3, -0.25) is 19.9 Å². The van der Waals surface area contributed by atoms with Crippen molar-refractivity contribution >= 4 is 29.6 Å². The molecule has 1 amide bonds. The highest BCUT2D eigenvalue weighted by molar-refractivity contribution is 7.99. The molecule has 0 aliphatic carbocycles. The van der Waals surface area contributed by atoms with Crippen molar-refractivity contribution in [1.29, 1.82) is 0 Å². The minimum absolute atomic E-state index is 0.0856. The summed E-state index contributed by atoms with van der Waals surface area (Å²) in [6, 6.07) is 9.35. The van der Waals surface area contributed by atoms with E-state index in [2.05, 4.69) is 25.5 Å². The fraction of sp³-hybridized carbons (Fsp3) is 0.105. The van der Waals surface area contributed by atoms with Crippen LogP contribution in [0.15, 0.2) is 63.9 Å². The van der Waals surface area contributed by atoms with Crippen LogP contribution in [0.1, 0.15) is 27.3 Å². The average molecular weight is 408 g/mol. The molecule has 29 heavy (non-hydrogen) atoms. The Morgan fingerprint density at radius 1 is 1.14 bits per heavy atom. The number of non-ortho nitro benzene ring substituents is 1. The third kappa shape index (κ3) is 5.42. The molecular weight excluding hydrogens is 392 g/mol. The standard InChI is InChI=1S/C19H16N6O3S/c1-12-9-13(2)23-19(22-12)29-17-4-3-16(25(27)28)10-15(17)11-21-24-18(26)14-5-7-20-8-6-14/h3-11H,1-2H3,(H,24,26). The molecule has 0 radical (unpaired) electrons. The smallest absolute Gasteiger partial charge is 0.267 e. The number of aryl methyl sites for hydroxylation is 2. The van der Waals surface area contributed by atoms with E-state index in [1.165, 1.54) is 42.5 Å². The molecule has 0 fully saturated rings. The van der Waals surface area contributed by atoms with Gasteiger partial charge in [-0.05, 0) is 49.9 Å². The van der Waals surface area contributed by atoms with E-state index in [0.29, 0.717) is 21.2 Å². The zero-order chi connectivity index (χ0) is 20.8. The molecule has 0 aliphatic heterocycles. The second-order valence-electron chi connectivity index (χ2n) is 5.95. The Bertz CT molecular complexity index is 1070. The Balaban J connectivity index is 1.85. The van der Waals surface area contributed by atoms with E-state index in [9.17, 15) is 14.9 Å². The van der Waals surface area contributed by atoms with Crippen molar-refractivity contribution in [3.8, 4) is 0 Å².